The first-order valence-electron chi connectivity index (χ1n) is 4.80. The number of amides is 1. The molecule has 0 radical (unpaired) electrons. The van der Waals surface area contributed by atoms with Gasteiger partial charge in [-0.2, -0.15) is 0 Å². The molecule has 0 aromatic rings. The maximum absolute atomic E-state index is 11.3. The third-order valence-electron chi connectivity index (χ3n) is 2.09. The Morgan fingerprint density at radius 2 is 1.81 bits per heavy atom. The largest absolute Gasteiger partial charge is 0.481 e. The molecule has 7 nitrogen and oxygen atoms in total. The van der Waals surface area contributed by atoms with E-state index < -0.39 is 29.9 Å². The molecule has 4 N–H and O–H groups in total. The molecule has 0 fully saturated rings. The van der Waals surface area contributed by atoms with E-state index in [0.29, 0.717) is 0 Å². The van der Waals surface area contributed by atoms with Gasteiger partial charge in [0, 0.05) is 6.42 Å². The Hall–Kier alpha value is -1.63. The molecule has 0 aromatic carbocycles. The van der Waals surface area contributed by atoms with Crippen LogP contribution in [0.5, 0.6) is 0 Å². The van der Waals surface area contributed by atoms with E-state index in [2.05, 4.69) is 10.6 Å². The van der Waals surface area contributed by atoms with Gasteiger partial charge in [0.1, 0.15) is 6.04 Å². The van der Waals surface area contributed by atoms with Crippen LogP contribution in [0.2, 0.25) is 0 Å². The third kappa shape index (κ3) is 5.30. The van der Waals surface area contributed by atoms with Crippen molar-refractivity contribution in [3.8, 4) is 0 Å². The number of nitrogens with one attached hydrogen (secondary N) is 2. The third-order valence-corrected chi connectivity index (χ3v) is 2.09. The molecule has 0 aromatic heterocycles. The van der Waals surface area contributed by atoms with Gasteiger partial charge < -0.3 is 20.8 Å². The number of carbonyl (C=O) groups is 3. The minimum Gasteiger partial charge on any atom is -0.481 e. The Balaban J connectivity index is 4.28. The number of rotatable bonds is 7. The number of aliphatic carboxylic acids is 2. The highest BCUT2D eigenvalue weighted by atomic mass is 16.4. The van der Waals surface area contributed by atoms with Crippen molar-refractivity contribution >= 4 is 17.8 Å². The van der Waals surface area contributed by atoms with Crippen LogP contribution in [0.3, 0.4) is 0 Å². The van der Waals surface area contributed by atoms with E-state index in [1.807, 2.05) is 0 Å². The molecule has 16 heavy (non-hydrogen) atoms. The minimum absolute atomic E-state index is 0.132. The number of carbonyl (C=O) groups excluding carboxylic acids is 1. The summed E-state index contributed by atoms with van der Waals surface area (Å²) in [5.74, 6) is -2.81. The summed E-state index contributed by atoms with van der Waals surface area (Å²) >= 11 is 0. The van der Waals surface area contributed by atoms with Gasteiger partial charge >= 0.3 is 11.9 Å². The Bertz CT molecular complexity index is 279. The summed E-state index contributed by atoms with van der Waals surface area (Å²) in [4.78, 5) is 32.4. The summed E-state index contributed by atoms with van der Waals surface area (Å²) in [6.07, 6.45) is -0.433. The highest BCUT2D eigenvalue weighted by molar-refractivity contribution is 5.86. The lowest BCUT2D eigenvalue weighted by Crippen LogP contribution is -2.48. The van der Waals surface area contributed by atoms with Crippen LogP contribution in [0, 0.1) is 0 Å². The minimum atomic E-state index is -1.24. The van der Waals surface area contributed by atoms with E-state index in [1.165, 1.54) is 0 Å². The molecule has 7 heteroatoms. The van der Waals surface area contributed by atoms with Gasteiger partial charge in [-0.3, -0.25) is 9.59 Å². The number of carboxylic acids is 2. The quantitative estimate of drug-likeness (QED) is 0.449. The lowest BCUT2D eigenvalue weighted by molar-refractivity contribution is -0.143. The van der Waals surface area contributed by atoms with Gasteiger partial charge in [0.25, 0.3) is 0 Å². The number of hydrogen-bond acceptors (Lipinski definition) is 4. The molecule has 0 saturated heterocycles. The Morgan fingerprint density at radius 1 is 1.25 bits per heavy atom. The molecular formula is C9H16N2O5. The van der Waals surface area contributed by atoms with Crippen LogP contribution >= 0.6 is 0 Å². The highest BCUT2D eigenvalue weighted by Gasteiger charge is 2.22. The fourth-order valence-corrected chi connectivity index (χ4v) is 0.953. The SMILES string of the molecule is CNC(C)C(=O)N[C@@H](CCC(=O)O)C(=O)O. The fraction of sp³-hybridized carbons (Fsp3) is 0.667. The number of hydrogen-bond donors (Lipinski definition) is 4. The van der Waals surface area contributed by atoms with Gasteiger partial charge in [0.05, 0.1) is 6.04 Å². The summed E-state index contributed by atoms with van der Waals surface area (Å²) < 4.78 is 0. The zero-order chi connectivity index (χ0) is 12.7. The maximum Gasteiger partial charge on any atom is 0.326 e. The highest BCUT2D eigenvalue weighted by Crippen LogP contribution is 1.98. The maximum atomic E-state index is 11.3. The molecule has 2 atom stereocenters. The van der Waals surface area contributed by atoms with Crippen LogP contribution in [-0.4, -0.2) is 47.2 Å². The van der Waals surface area contributed by atoms with E-state index in [9.17, 15) is 14.4 Å². The van der Waals surface area contributed by atoms with E-state index in [1.54, 1.807) is 14.0 Å². The monoisotopic (exact) mass is 232 g/mol. The Labute approximate surface area is 92.8 Å². The first kappa shape index (κ1) is 14.4. The second-order valence-corrected chi connectivity index (χ2v) is 3.34. The predicted octanol–water partition coefficient (Wildman–Crippen LogP) is -0.971. The number of carboxylic acid groups (broad SMARTS) is 2. The fourth-order valence-electron chi connectivity index (χ4n) is 0.953. The molecular weight excluding hydrogens is 216 g/mol. The van der Waals surface area contributed by atoms with Crippen molar-refractivity contribution in [1.82, 2.24) is 10.6 Å². The molecule has 1 amide bonds. The molecule has 0 spiro atoms. The van der Waals surface area contributed by atoms with Crippen molar-refractivity contribution in [3.05, 3.63) is 0 Å². The van der Waals surface area contributed by atoms with Gasteiger partial charge in [-0.1, -0.05) is 0 Å². The molecule has 92 valence electrons. The molecule has 0 bridgehead atoms. The van der Waals surface area contributed by atoms with Crippen molar-refractivity contribution in [3.63, 3.8) is 0 Å². The average Bonchev–Trinajstić information content (AvgIpc) is 2.21. The zero-order valence-electron chi connectivity index (χ0n) is 9.19. The molecule has 0 heterocycles. The predicted molar refractivity (Wildman–Crippen MR) is 55.0 cm³/mol. The lowest BCUT2D eigenvalue weighted by atomic mass is 10.1. The van der Waals surface area contributed by atoms with E-state index in [4.69, 9.17) is 10.2 Å². The van der Waals surface area contributed by atoms with Gasteiger partial charge in [-0.15, -0.1) is 0 Å². The summed E-state index contributed by atoms with van der Waals surface area (Å²) in [5, 5.41) is 22.1. The zero-order valence-corrected chi connectivity index (χ0v) is 9.19. The summed E-state index contributed by atoms with van der Waals surface area (Å²) in [6.45, 7) is 1.57. The second-order valence-electron chi connectivity index (χ2n) is 3.34. The van der Waals surface area contributed by atoms with Crippen LogP contribution in [0.25, 0.3) is 0 Å². The van der Waals surface area contributed by atoms with Crippen molar-refractivity contribution in [2.24, 2.45) is 0 Å². The van der Waals surface area contributed by atoms with Crippen molar-refractivity contribution in [1.29, 1.82) is 0 Å². The number of likely N-dealkylation sites (N-methyl/N-ethyl adjacent to an activating group) is 1. The van der Waals surface area contributed by atoms with E-state index >= 15 is 0 Å². The van der Waals surface area contributed by atoms with Gasteiger partial charge in [0.15, 0.2) is 0 Å². The van der Waals surface area contributed by atoms with E-state index in [-0.39, 0.29) is 12.8 Å². The second kappa shape index (κ2) is 6.78. The molecule has 0 aliphatic rings. The lowest BCUT2D eigenvalue weighted by Gasteiger charge is -2.16. The van der Waals surface area contributed by atoms with Crippen LogP contribution in [-0.2, 0) is 14.4 Å². The Morgan fingerprint density at radius 3 is 2.19 bits per heavy atom. The average molecular weight is 232 g/mol. The smallest absolute Gasteiger partial charge is 0.326 e. The molecule has 1 unspecified atom stereocenters. The van der Waals surface area contributed by atoms with Gasteiger partial charge in [-0.05, 0) is 20.4 Å². The Kier molecular flexibility index (Phi) is 6.09. The topological polar surface area (TPSA) is 116 Å². The van der Waals surface area contributed by atoms with Crippen LogP contribution in [0.1, 0.15) is 19.8 Å². The standard InChI is InChI=1S/C9H16N2O5/c1-5(10-2)8(14)11-6(9(15)16)3-4-7(12)13/h5-6,10H,3-4H2,1-2H3,(H,11,14)(H,12,13)(H,15,16)/t5?,6-/m0/s1. The van der Waals surface area contributed by atoms with Crippen LogP contribution in [0.4, 0.5) is 0 Å². The normalized spacial score (nSPS) is 13.9. The molecule has 0 saturated carbocycles. The van der Waals surface area contributed by atoms with Gasteiger partial charge in [0.2, 0.25) is 5.91 Å². The van der Waals surface area contributed by atoms with Crippen molar-refractivity contribution in [2.45, 2.75) is 31.8 Å². The molecule has 0 aliphatic carbocycles. The van der Waals surface area contributed by atoms with Crippen molar-refractivity contribution < 1.29 is 24.6 Å². The molecule has 0 aliphatic heterocycles. The van der Waals surface area contributed by atoms with Crippen LogP contribution < -0.4 is 10.6 Å². The summed E-state index contributed by atoms with van der Waals surface area (Å²) in [7, 11) is 1.57. The first-order chi connectivity index (χ1) is 7.38. The van der Waals surface area contributed by atoms with Crippen molar-refractivity contribution in [2.75, 3.05) is 7.05 Å². The van der Waals surface area contributed by atoms with Gasteiger partial charge in [-0.25, -0.2) is 4.79 Å². The first-order valence-corrected chi connectivity index (χ1v) is 4.80. The molecule has 0 rings (SSSR count). The summed E-state index contributed by atoms with van der Waals surface area (Å²) in [6, 6.07) is -1.69. The summed E-state index contributed by atoms with van der Waals surface area (Å²) in [5.41, 5.74) is 0. The van der Waals surface area contributed by atoms with Crippen LogP contribution in [0.15, 0.2) is 0 Å². The van der Waals surface area contributed by atoms with E-state index in [0.717, 1.165) is 0 Å².